The minimum absolute atomic E-state index is 0.217. The summed E-state index contributed by atoms with van der Waals surface area (Å²) in [7, 11) is 1.90. The maximum atomic E-state index is 13.8. The molecule has 104 valence electrons. The van der Waals surface area contributed by atoms with Gasteiger partial charge in [-0.25, -0.2) is 4.39 Å². The lowest BCUT2D eigenvalue weighted by molar-refractivity contribution is 0.607. The molecular formula is C15H14BrFN2S. The smallest absolute Gasteiger partial charge is 0.128 e. The van der Waals surface area contributed by atoms with Gasteiger partial charge in [-0.05, 0) is 30.3 Å². The van der Waals surface area contributed by atoms with E-state index >= 15 is 0 Å². The van der Waals surface area contributed by atoms with Gasteiger partial charge in [0.25, 0.3) is 0 Å². The fourth-order valence-electron chi connectivity index (χ4n) is 1.91. The Morgan fingerprint density at radius 2 is 2.05 bits per heavy atom. The lowest BCUT2D eigenvalue weighted by atomic mass is 10.1. The van der Waals surface area contributed by atoms with Crippen molar-refractivity contribution in [2.24, 2.45) is 5.73 Å². The number of hydrogen-bond acceptors (Lipinski definition) is 2. The third-order valence-electron chi connectivity index (χ3n) is 2.99. The number of rotatable bonds is 4. The van der Waals surface area contributed by atoms with E-state index in [1.54, 1.807) is 12.1 Å². The van der Waals surface area contributed by atoms with Crippen LogP contribution < -0.4 is 10.6 Å². The second-order valence-electron chi connectivity index (χ2n) is 4.51. The van der Waals surface area contributed by atoms with E-state index in [1.807, 2.05) is 36.2 Å². The van der Waals surface area contributed by atoms with E-state index in [4.69, 9.17) is 18.0 Å². The molecular weight excluding hydrogens is 339 g/mol. The van der Waals surface area contributed by atoms with Gasteiger partial charge in [0.2, 0.25) is 0 Å². The first kappa shape index (κ1) is 14.9. The molecule has 0 spiro atoms. The Morgan fingerprint density at radius 1 is 1.30 bits per heavy atom. The standard InChI is InChI=1S/C15H14BrFN2S/c1-19(9-11-7-12(16)5-6-14(11)17)13-4-2-3-10(8-13)15(18)20/h2-8H,9H2,1H3,(H2,18,20). The molecule has 20 heavy (non-hydrogen) atoms. The molecule has 2 aromatic rings. The molecule has 0 amide bonds. The molecule has 0 aliphatic carbocycles. The Labute approximate surface area is 131 Å². The molecule has 0 aliphatic rings. The summed E-state index contributed by atoms with van der Waals surface area (Å²) < 4.78 is 14.6. The highest BCUT2D eigenvalue weighted by molar-refractivity contribution is 9.10. The average molecular weight is 353 g/mol. The molecule has 0 radical (unpaired) electrons. The van der Waals surface area contributed by atoms with Crippen molar-refractivity contribution in [1.82, 2.24) is 0 Å². The Balaban J connectivity index is 2.23. The van der Waals surface area contributed by atoms with Crippen LogP contribution >= 0.6 is 28.1 Å². The van der Waals surface area contributed by atoms with E-state index < -0.39 is 0 Å². The summed E-state index contributed by atoms with van der Waals surface area (Å²) in [6, 6.07) is 12.5. The molecule has 0 aromatic heterocycles. The van der Waals surface area contributed by atoms with Crippen LogP contribution in [0, 0.1) is 5.82 Å². The van der Waals surface area contributed by atoms with Crippen LogP contribution in [0.3, 0.4) is 0 Å². The first-order valence-electron chi connectivity index (χ1n) is 6.02. The van der Waals surface area contributed by atoms with Crippen LogP contribution in [0.15, 0.2) is 46.9 Å². The van der Waals surface area contributed by atoms with E-state index in [2.05, 4.69) is 15.9 Å². The van der Waals surface area contributed by atoms with Gasteiger partial charge in [-0.3, -0.25) is 0 Å². The van der Waals surface area contributed by atoms with Gasteiger partial charge in [-0.2, -0.15) is 0 Å². The lowest BCUT2D eigenvalue weighted by Crippen LogP contribution is -2.18. The topological polar surface area (TPSA) is 29.3 Å². The Morgan fingerprint density at radius 3 is 2.75 bits per heavy atom. The van der Waals surface area contributed by atoms with E-state index in [0.717, 1.165) is 15.7 Å². The minimum atomic E-state index is -0.217. The van der Waals surface area contributed by atoms with Crippen molar-refractivity contribution in [3.8, 4) is 0 Å². The quantitative estimate of drug-likeness (QED) is 0.847. The molecule has 5 heteroatoms. The molecule has 2 N–H and O–H groups in total. The van der Waals surface area contributed by atoms with E-state index in [-0.39, 0.29) is 5.82 Å². The summed E-state index contributed by atoms with van der Waals surface area (Å²) in [6.07, 6.45) is 0. The molecule has 0 heterocycles. The first-order chi connectivity index (χ1) is 9.47. The molecule has 0 atom stereocenters. The number of anilines is 1. The summed E-state index contributed by atoms with van der Waals surface area (Å²) in [4.78, 5) is 2.31. The predicted octanol–water partition coefficient (Wildman–Crippen LogP) is 3.86. The maximum absolute atomic E-state index is 13.8. The zero-order chi connectivity index (χ0) is 14.7. The van der Waals surface area contributed by atoms with Crippen molar-refractivity contribution in [3.63, 3.8) is 0 Å². The summed E-state index contributed by atoms with van der Waals surface area (Å²) in [5, 5.41) is 0. The van der Waals surface area contributed by atoms with Crippen molar-refractivity contribution < 1.29 is 4.39 Å². The van der Waals surface area contributed by atoms with Crippen LogP contribution in [0.1, 0.15) is 11.1 Å². The maximum Gasteiger partial charge on any atom is 0.128 e. The average Bonchev–Trinajstić information content (AvgIpc) is 2.43. The highest BCUT2D eigenvalue weighted by Crippen LogP contribution is 2.21. The second-order valence-corrected chi connectivity index (χ2v) is 5.86. The summed E-state index contributed by atoms with van der Waals surface area (Å²) >= 11 is 8.32. The van der Waals surface area contributed by atoms with Crippen LogP contribution in [0.2, 0.25) is 0 Å². The van der Waals surface area contributed by atoms with Crippen molar-refractivity contribution >= 4 is 38.8 Å². The number of hydrogen-bond donors (Lipinski definition) is 1. The molecule has 2 nitrogen and oxygen atoms in total. The van der Waals surface area contributed by atoms with E-state index in [0.29, 0.717) is 17.1 Å². The minimum Gasteiger partial charge on any atom is -0.389 e. The largest absolute Gasteiger partial charge is 0.389 e. The number of thiocarbonyl (C=S) groups is 1. The van der Waals surface area contributed by atoms with Crippen molar-refractivity contribution in [2.75, 3.05) is 11.9 Å². The molecule has 2 aromatic carbocycles. The molecule has 2 rings (SSSR count). The molecule has 0 saturated heterocycles. The van der Waals surface area contributed by atoms with Crippen LogP contribution in [0.4, 0.5) is 10.1 Å². The normalized spacial score (nSPS) is 10.3. The van der Waals surface area contributed by atoms with Crippen LogP contribution in [-0.4, -0.2) is 12.0 Å². The fraction of sp³-hybridized carbons (Fsp3) is 0.133. The molecule has 0 aliphatic heterocycles. The number of nitrogens with zero attached hydrogens (tertiary/aromatic N) is 1. The Hall–Kier alpha value is -1.46. The third kappa shape index (κ3) is 3.55. The molecule has 0 unspecified atom stereocenters. The monoisotopic (exact) mass is 352 g/mol. The molecule has 0 saturated carbocycles. The van der Waals surface area contributed by atoms with Gasteiger partial charge in [-0.1, -0.05) is 40.3 Å². The summed E-state index contributed by atoms with van der Waals surface area (Å²) in [5.74, 6) is -0.217. The Bertz CT molecular complexity index is 646. The fourth-order valence-corrected chi connectivity index (χ4v) is 2.44. The van der Waals surface area contributed by atoms with Gasteiger partial charge in [0, 0.05) is 34.9 Å². The van der Waals surface area contributed by atoms with Crippen molar-refractivity contribution in [3.05, 3.63) is 63.9 Å². The highest BCUT2D eigenvalue weighted by Gasteiger charge is 2.08. The van der Waals surface area contributed by atoms with Crippen LogP contribution in [-0.2, 0) is 6.54 Å². The molecule has 0 fully saturated rings. The lowest BCUT2D eigenvalue weighted by Gasteiger charge is -2.20. The third-order valence-corrected chi connectivity index (χ3v) is 3.72. The van der Waals surface area contributed by atoms with Gasteiger partial charge in [0.1, 0.15) is 10.8 Å². The van der Waals surface area contributed by atoms with Crippen molar-refractivity contribution in [2.45, 2.75) is 6.54 Å². The van der Waals surface area contributed by atoms with Gasteiger partial charge in [0.15, 0.2) is 0 Å². The first-order valence-corrected chi connectivity index (χ1v) is 7.22. The SMILES string of the molecule is CN(Cc1cc(Br)ccc1F)c1cccc(C(N)=S)c1. The summed E-state index contributed by atoms with van der Waals surface area (Å²) in [6.45, 7) is 0.464. The zero-order valence-electron chi connectivity index (χ0n) is 10.9. The highest BCUT2D eigenvalue weighted by atomic mass is 79.9. The predicted molar refractivity (Wildman–Crippen MR) is 88.5 cm³/mol. The second kappa shape index (κ2) is 6.33. The van der Waals surface area contributed by atoms with Gasteiger partial charge in [-0.15, -0.1) is 0 Å². The van der Waals surface area contributed by atoms with E-state index in [9.17, 15) is 4.39 Å². The van der Waals surface area contributed by atoms with Crippen molar-refractivity contribution in [1.29, 1.82) is 0 Å². The van der Waals surface area contributed by atoms with Crippen LogP contribution in [0.5, 0.6) is 0 Å². The van der Waals surface area contributed by atoms with Gasteiger partial charge < -0.3 is 10.6 Å². The van der Waals surface area contributed by atoms with Gasteiger partial charge in [0.05, 0.1) is 0 Å². The number of halogens is 2. The van der Waals surface area contributed by atoms with E-state index in [1.165, 1.54) is 6.07 Å². The zero-order valence-corrected chi connectivity index (χ0v) is 13.3. The molecule has 0 bridgehead atoms. The number of nitrogens with two attached hydrogens (primary N) is 1. The Kier molecular flexibility index (Phi) is 4.73. The summed E-state index contributed by atoms with van der Waals surface area (Å²) in [5.41, 5.74) is 8.00. The van der Waals surface area contributed by atoms with Crippen LogP contribution in [0.25, 0.3) is 0 Å². The van der Waals surface area contributed by atoms with Gasteiger partial charge >= 0.3 is 0 Å². The number of benzene rings is 2.